The first-order valence-electron chi connectivity index (χ1n) is 9.60. The molecule has 0 bridgehead atoms. The van der Waals surface area contributed by atoms with Gasteiger partial charge in [-0.05, 0) is 0 Å². The minimum atomic E-state index is -5.62. The van der Waals surface area contributed by atoms with E-state index in [-0.39, 0.29) is 0 Å². The number of carbonyl (C=O) groups is 6. The number of quaternary nitrogens is 2. The van der Waals surface area contributed by atoms with Gasteiger partial charge in [-0.2, -0.15) is 19.3 Å². The Morgan fingerprint density at radius 3 is 1.14 bits per heavy atom. The first kappa shape index (κ1) is 30.1. The van der Waals surface area contributed by atoms with Crippen LogP contribution in [0.2, 0.25) is 0 Å². The summed E-state index contributed by atoms with van der Waals surface area (Å²) < 4.78 is 91.3. The maximum atomic E-state index is 12.0. The quantitative estimate of drug-likeness (QED) is 0.113. The molecule has 2 saturated heterocycles. The molecule has 0 aliphatic carbocycles. The molecule has 0 radical (unpaired) electrons. The normalized spacial score (nSPS) is 19.5. The molecule has 208 valence electrons. The first-order valence-corrected chi connectivity index (χ1v) is 14.2. The first-order chi connectivity index (χ1) is 16.8. The van der Waals surface area contributed by atoms with E-state index in [0.29, 0.717) is 0 Å². The lowest BCUT2D eigenvalue weighted by Crippen LogP contribution is -2.57. The van der Waals surface area contributed by atoms with E-state index in [4.69, 9.17) is 0 Å². The van der Waals surface area contributed by atoms with Crippen molar-refractivity contribution in [1.29, 1.82) is 0 Å². The van der Waals surface area contributed by atoms with Crippen molar-refractivity contribution in [2.75, 3.05) is 24.7 Å². The van der Waals surface area contributed by atoms with Crippen LogP contribution in [0.4, 0.5) is 9.59 Å². The summed E-state index contributed by atoms with van der Waals surface area (Å²) in [7, 11) is -15.5. The summed E-state index contributed by atoms with van der Waals surface area (Å²) in [6, 6.07) is 0. The molecule has 4 amide bonds. The number of imide groups is 2. The minimum absolute atomic E-state index is 0.685. The minimum Gasteiger partial charge on any atom is -0.430 e. The highest BCUT2D eigenvalue weighted by Gasteiger charge is 2.67. The van der Waals surface area contributed by atoms with Gasteiger partial charge in [0.25, 0.3) is 0 Å². The Labute approximate surface area is 207 Å². The highest BCUT2D eigenvalue weighted by atomic mass is 32.2. The lowest BCUT2D eigenvalue weighted by atomic mass is 10.4. The fourth-order valence-electron chi connectivity index (χ4n) is 2.98. The Morgan fingerprint density at radius 1 is 0.622 bits per heavy atom. The molecule has 2 aliphatic heterocycles. The van der Waals surface area contributed by atoms with E-state index in [9.17, 15) is 63.1 Å². The fraction of sp³-hybridized carbons (Fsp3) is 0.571. The van der Waals surface area contributed by atoms with Crippen molar-refractivity contribution in [3.63, 3.8) is 0 Å². The largest absolute Gasteiger partial charge is 0.561 e. The Kier molecular flexibility index (Phi) is 8.43. The zero-order valence-corrected chi connectivity index (χ0v) is 20.7. The molecular formula is C14H18N2O18S3+2. The molecule has 23 heteroatoms. The van der Waals surface area contributed by atoms with Gasteiger partial charge in [-0.15, -0.1) is 16.8 Å². The molecular weight excluding hydrogens is 580 g/mol. The average Bonchev–Trinajstić information content (AvgIpc) is 3.19. The SMILES string of the molecule is O=C(OCCS(=O)(=O)CCOC(=O)O[N+]1(S(=O)(=O)O)C(=O)CCC1=O)O[N+]1(S(=O)(=O)O)C(=O)CCC1=O. The molecule has 37 heavy (non-hydrogen) atoms. The van der Waals surface area contributed by atoms with Gasteiger partial charge in [-0.1, -0.05) is 0 Å². The van der Waals surface area contributed by atoms with Gasteiger partial charge in [0, 0.05) is 0 Å². The Balaban J connectivity index is 1.88. The predicted molar refractivity (Wildman–Crippen MR) is 106 cm³/mol. The molecule has 2 rings (SSSR count). The van der Waals surface area contributed by atoms with Crippen LogP contribution in [0.15, 0.2) is 0 Å². The van der Waals surface area contributed by atoms with Crippen LogP contribution in [0.1, 0.15) is 25.7 Å². The molecule has 0 atom stereocenters. The highest BCUT2D eigenvalue weighted by molar-refractivity contribution is 7.91. The summed E-state index contributed by atoms with van der Waals surface area (Å²) in [4.78, 5) is 78.8. The second-order valence-corrected chi connectivity index (χ2v) is 12.2. The van der Waals surface area contributed by atoms with Crippen LogP contribution in [0, 0.1) is 0 Å². The van der Waals surface area contributed by atoms with Gasteiger partial charge in [0.1, 0.15) is 21.3 Å². The highest BCUT2D eigenvalue weighted by Crippen LogP contribution is 2.29. The number of ether oxygens (including phenoxy) is 2. The standard InChI is InChI=1S/C14H16N2O18S3/c17-9-1-2-10(18)15(9,36(25,26)27)33-13(21)31-5-7-35(23,24)8-6-32-14(22)34-16(37(28,29)30)11(19)3-4-12(16)20/h1-8H2/p+2. The van der Waals surface area contributed by atoms with Gasteiger partial charge < -0.3 is 9.47 Å². The number of nitrogens with zero attached hydrogens (tertiary/aromatic N) is 2. The summed E-state index contributed by atoms with van der Waals surface area (Å²) in [6.45, 7) is -2.07. The van der Waals surface area contributed by atoms with Crippen molar-refractivity contribution in [2.45, 2.75) is 25.7 Å². The third-order valence-electron chi connectivity index (χ3n) is 4.70. The number of amides is 4. The summed E-state index contributed by atoms with van der Waals surface area (Å²) in [5.41, 5.74) is 0. The zero-order chi connectivity index (χ0) is 28.4. The fourth-order valence-corrected chi connectivity index (χ4v) is 5.56. The van der Waals surface area contributed by atoms with Crippen LogP contribution in [0.5, 0.6) is 0 Å². The second kappa shape index (κ2) is 10.3. The average molecular weight is 598 g/mol. The zero-order valence-electron chi connectivity index (χ0n) is 18.2. The number of hydrogen-bond acceptors (Lipinski definition) is 16. The molecule has 2 fully saturated rings. The lowest BCUT2D eigenvalue weighted by Gasteiger charge is -2.19. The van der Waals surface area contributed by atoms with Crippen LogP contribution in [-0.2, 0) is 68.8 Å². The van der Waals surface area contributed by atoms with E-state index in [1.165, 1.54) is 0 Å². The molecule has 0 spiro atoms. The summed E-state index contributed by atoms with van der Waals surface area (Å²) in [5.74, 6) is -8.05. The summed E-state index contributed by atoms with van der Waals surface area (Å²) in [6.07, 6.45) is -6.75. The molecule has 2 N–H and O–H groups in total. The van der Waals surface area contributed by atoms with E-state index in [1.54, 1.807) is 0 Å². The van der Waals surface area contributed by atoms with Crippen molar-refractivity contribution < 1.29 is 90.4 Å². The van der Waals surface area contributed by atoms with Crippen molar-refractivity contribution in [1.82, 2.24) is 0 Å². The number of hydrogen-bond donors (Lipinski definition) is 2. The molecule has 0 saturated carbocycles. The summed E-state index contributed by atoms with van der Waals surface area (Å²) in [5, 5.41) is 0. The van der Waals surface area contributed by atoms with E-state index in [2.05, 4.69) is 19.1 Å². The number of rotatable bonds is 10. The predicted octanol–water partition coefficient (Wildman–Crippen LogP) is -2.53. The molecule has 0 aromatic rings. The lowest BCUT2D eigenvalue weighted by molar-refractivity contribution is -0.854. The maximum absolute atomic E-state index is 12.0. The van der Waals surface area contributed by atoms with Gasteiger partial charge in [0.15, 0.2) is 9.84 Å². The van der Waals surface area contributed by atoms with Crippen molar-refractivity contribution in [3.05, 3.63) is 0 Å². The Morgan fingerprint density at radius 2 is 0.892 bits per heavy atom. The van der Waals surface area contributed by atoms with Gasteiger partial charge >= 0.3 is 56.5 Å². The number of carbonyl (C=O) groups excluding carboxylic acids is 6. The molecule has 2 heterocycles. The van der Waals surface area contributed by atoms with Gasteiger partial charge in [0.2, 0.25) is 0 Å². The molecule has 0 unspecified atom stereocenters. The maximum Gasteiger partial charge on any atom is 0.561 e. The van der Waals surface area contributed by atoms with E-state index in [1.807, 2.05) is 0 Å². The van der Waals surface area contributed by atoms with Crippen molar-refractivity contribution in [2.24, 2.45) is 0 Å². The molecule has 2 aliphatic rings. The Bertz CT molecular complexity index is 1230. The topological polar surface area (TPSA) is 282 Å². The van der Waals surface area contributed by atoms with Gasteiger partial charge in [-0.25, -0.2) is 36.7 Å². The Hall–Kier alpha value is -3.09. The third-order valence-corrected chi connectivity index (χ3v) is 8.54. The third kappa shape index (κ3) is 5.91. The van der Waals surface area contributed by atoms with E-state index in [0.717, 1.165) is 0 Å². The van der Waals surface area contributed by atoms with Gasteiger partial charge in [0.05, 0.1) is 37.2 Å². The molecule has 0 aromatic carbocycles. The van der Waals surface area contributed by atoms with E-state index >= 15 is 0 Å². The monoisotopic (exact) mass is 598 g/mol. The molecule has 20 nitrogen and oxygen atoms in total. The number of hydroxylamine groups is 4. The second-order valence-electron chi connectivity index (χ2n) is 7.10. The summed E-state index contributed by atoms with van der Waals surface area (Å²) >= 11 is 0. The van der Waals surface area contributed by atoms with Crippen LogP contribution in [0.3, 0.4) is 0 Å². The van der Waals surface area contributed by atoms with Crippen LogP contribution < -0.4 is 0 Å². The van der Waals surface area contributed by atoms with Crippen LogP contribution in [0.25, 0.3) is 0 Å². The van der Waals surface area contributed by atoms with E-state index < -0.39 is 125 Å². The van der Waals surface area contributed by atoms with Crippen molar-refractivity contribution in [3.8, 4) is 0 Å². The number of sulfone groups is 1. The van der Waals surface area contributed by atoms with Crippen LogP contribution in [-0.4, -0.2) is 103 Å². The van der Waals surface area contributed by atoms with Gasteiger partial charge in [-0.3, -0.25) is 0 Å². The van der Waals surface area contributed by atoms with Crippen molar-refractivity contribution >= 4 is 66.4 Å². The van der Waals surface area contributed by atoms with Crippen LogP contribution >= 0.6 is 0 Å². The smallest absolute Gasteiger partial charge is 0.430 e. The molecule has 0 aromatic heterocycles.